The molecule has 3 aromatic rings. The Bertz CT molecular complexity index is 1080. The number of rotatable bonds is 4. The molecular weight excluding hydrogens is 414 g/mol. The summed E-state index contributed by atoms with van der Waals surface area (Å²) in [6.07, 6.45) is 1.36. The number of amides is 1. The van der Waals surface area contributed by atoms with Crippen LogP contribution >= 0.6 is 15.9 Å². The first-order valence-corrected chi connectivity index (χ1v) is 8.90. The van der Waals surface area contributed by atoms with Gasteiger partial charge in [0.1, 0.15) is 6.54 Å². The Morgan fingerprint density at radius 1 is 1.15 bits per heavy atom. The van der Waals surface area contributed by atoms with Gasteiger partial charge in [-0.25, -0.2) is 4.98 Å². The molecule has 1 aromatic heterocycles. The highest BCUT2D eigenvalue weighted by Crippen LogP contribution is 2.35. The SMILES string of the molecule is O=C(Cn1cnc(-c2ccc3c(c2)OCO3)cc1=O)Nc1cccc(Br)c1. The second-order valence-corrected chi connectivity index (χ2v) is 6.78. The summed E-state index contributed by atoms with van der Waals surface area (Å²) in [4.78, 5) is 28.8. The van der Waals surface area contributed by atoms with E-state index in [1.54, 1.807) is 30.3 Å². The highest BCUT2D eigenvalue weighted by atomic mass is 79.9. The Kier molecular flexibility index (Phi) is 4.64. The van der Waals surface area contributed by atoms with Crippen LogP contribution in [-0.2, 0) is 11.3 Å². The molecule has 2 heterocycles. The van der Waals surface area contributed by atoms with Crippen molar-refractivity contribution in [1.82, 2.24) is 9.55 Å². The molecular formula is C19H14BrN3O4. The maximum absolute atomic E-state index is 12.4. The summed E-state index contributed by atoms with van der Waals surface area (Å²) in [7, 11) is 0. The smallest absolute Gasteiger partial charge is 0.254 e. The van der Waals surface area contributed by atoms with Gasteiger partial charge >= 0.3 is 0 Å². The number of hydrogen-bond acceptors (Lipinski definition) is 5. The minimum Gasteiger partial charge on any atom is -0.454 e. The van der Waals surface area contributed by atoms with Crippen molar-refractivity contribution in [3.63, 3.8) is 0 Å². The van der Waals surface area contributed by atoms with Crippen molar-refractivity contribution in [3.8, 4) is 22.8 Å². The zero-order valence-corrected chi connectivity index (χ0v) is 15.6. The number of hydrogen-bond donors (Lipinski definition) is 1. The van der Waals surface area contributed by atoms with E-state index in [0.29, 0.717) is 22.9 Å². The Morgan fingerprint density at radius 3 is 2.81 bits per heavy atom. The predicted molar refractivity (Wildman–Crippen MR) is 103 cm³/mol. The van der Waals surface area contributed by atoms with Crippen LogP contribution in [0.15, 0.2) is 64.1 Å². The van der Waals surface area contributed by atoms with Gasteiger partial charge in [0.25, 0.3) is 5.56 Å². The number of fused-ring (bicyclic) bond motifs is 1. The van der Waals surface area contributed by atoms with Gasteiger partial charge in [0.05, 0.1) is 12.0 Å². The number of ether oxygens (including phenoxy) is 2. The molecule has 0 unspecified atom stereocenters. The molecule has 1 aliphatic heterocycles. The minimum absolute atomic E-state index is 0.125. The summed E-state index contributed by atoms with van der Waals surface area (Å²) in [6, 6.07) is 14.0. The van der Waals surface area contributed by atoms with Gasteiger partial charge < -0.3 is 14.8 Å². The third-order valence-electron chi connectivity index (χ3n) is 3.97. The molecule has 2 aromatic carbocycles. The monoisotopic (exact) mass is 427 g/mol. The van der Waals surface area contributed by atoms with Crippen LogP contribution < -0.4 is 20.3 Å². The molecule has 0 fully saturated rings. The first-order valence-electron chi connectivity index (χ1n) is 8.10. The van der Waals surface area contributed by atoms with E-state index in [4.69, 9.17) is 9.47 Å². The lowest BCUT2D eigenvalue weighted by molar-refractivity contribution is -0.116. The van der Waals surface area contributed by atoms with E-state index in [0.717, 1.165) is 10.0 Å². The van der Waals surface area contributed by atoms with Crippen LogP contribution in [0.1, 0.15) is 0 Å². The molecule has 8 heteroatoms. The van der Waals surface area contributed by atoms with Crippen LogP contribution in [0, 0.1) is 0 Å². The second kappa shape index (κ2) is 7.24. The van der Waals surface area contributed by atoms with Gasteiger partial charge in [0.15, 0.2) is 11.5 Å². The highest BCUT2D eigenvalue weighted by molar-refractivity contribution is 9.10. The molecule has 4 rings (SSSR count). The molecule has 0 atom stereocenters. The van der Waals surface area contributed by atoms with Gasteiger partial charge in [-0.3, -0.25) is 14.2 Å². The quantitative estimate of drug-likeness (QED) is 0.691. The van der Waals surface area contributed by atoms with Crippen LogP contribution in [0.4, 0.5) is 5.69 Å². The third-order valence-corrected chi connectivity index (χ3v) is 4.46. The van der Waals surface area contributed by atoms with Crippen molar-refractivity contribution in [1.29, 1.82) is 0 Å². The van der Waals surface area contributed by atoms with E-state index in [-0.39, 0.29) is 24.8 Å². The lowest BCUT2D eigenvalue weighted by Crippen LogP contribution is -2.27. The number of halogens is 1. The average molecular weight is 428 g/mol. The van der Waals surface area contributed by atoms with Crippen LogP contribution in [0.25, 0.3) is 11.3 Å². The van der Waals surface area contributed by atoms with Gasteiger partial charge in [-0.15, -0.1) is 0 Å². The van der Waals surface area contributed by atoms with Gasteiger partial charge in [-0.1, -0.05) is 22.0 Å². The largest absolute Gasteiger partial charge is 0.454 e. The third kappa shape index (κ3) is 3.85. The van der Waals surface area contributed by atoms with Crippen molar-refractivity contribution in [2.75, 3.05) is 12.1 Å². The molecule has 1 amide bonds. The van der Waals surface area contributed by atoms with Crippen molar-refractivity contribution < 1.29 is 14.3 Å². The summed E-state index contributed by atoms with van der Waals surface area (Å²) in [5, 5.41) is 2.75. The number of carbonyl (C=O) groups excluding carboxylic acids is 1. The summed E-state index contributed by atoms with van der Waals surface area (Å²) in [5.41, 5.74) is 1.57. The van der Waals surface area contributed by atoms with Crippen molar-refractivity contribution in [2.45, 2.75) is 6.54 Å². The molecule has 7 nitrogen and oxygen atoms in total. The molecule has 0 spiro atoms. The fraction of sp³-hybridized carbons (Fsp3) is 0.105. The van der Waals surface area contributed by atoms with E-state index in [2.05, 4.69) is 26.2 Å². The normalized spacial score (nSPS) is 12.0. The zero-order chi connectivity index (χ0) is 18.8. The summed E-state index contributed by atoms with van der Waals surface area (Å²) in [6.45, 7) is 0.0562. The second-order valence-electron chi connectivity index (χ2n) is 5.87. The Labute approximate surface area is 162 Å². The van der Waals surface area contributed by atoms with Crippen molar-refractivity contribution in [2.24, 2.45) is 0 Å². The van der Waals surface area contributed by atoms with Gasteiger partial charge in [-0.2, -0.15) is 0 Å². The Balaban J connectivity index is 1.50. The standard InChI is InChI=1S/C19H14BrN3O4/c20-13-2-1-3-14(7-13)22-18(24)9-23-10-21-15(8-19(23)25)12-4-5-16-17(6-12)27-11-26-16/h1-8,10H,9,11H2,(H,22,24). The first-order chi connectivity index (χ1) is 13.1. The average Bonchev–Trinajstić information content (AvgIpc) is 3.11. The molecule has 0 aliphatic carbocycles. The number of carbonyl (C=O) groups is 1. The molecule has 1 N–H and O–H groups in total. The lowest BCUT2D eigenvalue weighted by atomic mass is 10.1. The molecule has 136 valence electrons. The van der Waals surface area contributed by atoms with E-state index >= 15 is 0 Å². The lowest BCUT2D eigenvalue weighted by Gasteiger charge is -2.08. The van der Waals surface area contributed by atoms with Crippen LogP contribution in [0.3, 0.4) is 0 Å². The number of nitrogens with zero attached hydrogens (tertiary/aromatic N) is 2. The van der Waals surface area contributed by atoms with E-state index in [1.807, 2.05) is 12.1 Å². The molecule has 0 bridgehead atoms. The van der Waals surface area contributed by atoms with Crippen LogP contribution in [0.2, 0.25) is 0 Å². The van der Waals surface area contributed by atoms with Gasteiger partial charge in [0, 0.05) is 21.8 Å². The van der Waals surface area contributed by atoms with Gasteiger partial charge in [0.2, 0.25) is 12.7 Å². The first kappa shape index (κ1) is 17.3. The van der Waals surface area contributed by atoms with E-state index < -0.39 is 0 Å². The number of anilines is 1. The Morgan fingerprint density at radius 2 is 2.00 bits per heavy atom. The van der Waals surface area contributed by atoms with Gasteiger partial charge in [-0.05, 0) is 36.4 Å². The number of nitrogens with one attached hydrogen (secondary N) is 1. The summed E-state index contributed by atoms with van der Waals surface area (Å²) >= 11 is 3.35. The minimum atomic E-state index is -0.318. The zero-order valence-electron chi connectivity index (χ0n) is 14.0. The molecule has 1 aliphatic rings. The molecule has 0 saturated heterocycles. The fourth-order valence-corrected chi connectivity index (χ4v) is 3.08. The summed E-state index contributed by atoms with van der Waals surface area (Å²) in [5.74, 6) is 0.969. The van der Waals surface area contributed by atoms with Crippen molar-refractivity contribution >= 4 is 27.5 Å². The maximum atomic E-state index is 12.4. The Hall–Kier alpha value is -3.13. The fourth-order valence-electron chi connectivity index (χ4n) is 2.68. The predicted octanol–water partition coefficient (Wildman–Crippen LogP) is 3.04. The highest BCUT2D eigenvalue weighted by Gasteiger charge is 2.15. The van der Waals surface area contributed by atoms with Crippen LogP contribution in [0.5, 0.6) is 11.5 Å². The molecule has 27 heavy (non-hydrogen) atoms. The number of aromatic nitrogens is 2. The number of benzene rings is 2. The topological polar surface area (TPSA) is 82.5 Å². The summed E-state index contributed by atoms with van der Waals surface area (Å²) < 4.78 is 12.7. The van der Waals surface area contributed by atoms with E-state index in [1.165, 1.54) is 17.0 Å². The maximum Gasteiger partial charge on any atom is 0.254 e. The molecule has 0 saturated carbocycles. The van der Waals surface area contributed by atoms with Crippen LogP contribution in [-0.4, -0.2) is 22.3 Å². The van der Waals surface area contributed by atoms with E-state index in [9.17, 15) is 9.59 Å². The van der Waals surface area contributed by atoms with Crippen molar-refractivity contribution in [3.05, 3.63) is 69.7 Å². The molecule has 0 radical (unpaired) electrons.